The summed E-state index contributed by atoms with van der Waals surface area (Å²) in [6.07, 6.45) is 3.65. The highest BCUT2D eigenvalue weighted by Crippen LogP contribution is 2.19. The topological polar surface area (TPSA) is 66.2 Å². The fourth-order valence-corrected chi connectivity index (χ4v) is 1.89. The van der Waals surface area contributed by atoms with Gasteiger partial charge in [0.1, 0.15) is 11.4 Å². The van der Waals surface area contributed by atoms with Crippen molar-refractivity contribution < 1.29 is 5.32 Å². The molecule has 5 heteroatoms. The molecule has 92 valence electrons. The predicted molar refractivity (Wildman–Crippen MR) is 73.8 cm³/mol. The minimum Gasteiger partial charge on any atom is -0.322 e. The van der Waals surface area contributed by atoms with Crippen LogP contribution in [0.15, 0.2) is 30.6 Å². The normalized spacial score (nSPS) is 11.8. The van der Waals surface area contributed by atoms with Gasteiger partial charge in [-0.3, -0.25) is 4.98 Å². The summed E-state index contributed by atoms with van der Waals surface area (Å²) in [6, 6.07) is 5.46. The molecule has 0 radical (unpaired) electrons. The van der Waals surface area contributed by atoms with Crippen LogP contribution in [0.3, 0.4) is 0 Å². The van der Waals surface area contributed by atoms with E-state index in [9.17, 15) is 0 Å². The molecule has 2 aromatic rings. The molecule has 0 unspecified atom stereocenters. The number of hydrogen-bond donors (Lipinski definition) is 2. The molecular formula is C13H14ClN4+. The zero-order chi connectivity index (χ0) is 13.1. The number of allylic oxidation sites excluding steroid dienone is 1. The maximum Gasteiger partial charge on any atom is 0.129 e. The lowest BCUT2D eigenvalue weighted by Gasteiger charge is -2.05. The van der Waals surface area contributed by atoms with E-state index in [-0.39, 0.29) is 0 Å². The minimum absolute atomic E-state index is 0.445. The molecule has 0 aliphatic rings. The van der Waals surface area contributed by atoms with Crippen molar-refractivity contribution in [2.45, 2.75) is 6.92 Å². The molecule has 0 aliphatic carbocycles. The third-order valence-electron chi connectivity index (χ3n) is 2.55. The number of rotatable bonds is 3. The molecule has 3 N–H and O–H groups in total. The maximum atomic E-state index is 7.78. The molecule has 4 nitrogen and oxygen atoms in total. The predicted octanol–water partition coefficient (Wildman–Crippen LogP) is 1.86. The second kappa shape index (κ2) is 5.25. The Balaban J connectivity index is 2.58. The molecule has 2 rings (SSSR count). The van der Waals surface area contributed by atoms with Crippen molar-refractivity contribution >= 4 is 33.9 Å². The van der Waals surface area contributed by atoms with Gasteiger partial charge in [0.15, 0.2) is 0 Å². The first-order valence-electron chi connectivity index (χ1n) is 5.59. The Morgan fingerprint density at radius 1 is 1.39 bits per heavy atom. The third-order valence-corrected chi connectivity index (χ3v) is 2.76. The number of nitrogens with zero attached hydrogens (tertiary/aromatic N) is 2. The van der Waals surface area contributed by atoms with Crippen molar-refractivity contribution in [1.82, 2.24) is 9.97 Å². The summed E-state index contributed by atoms with van der Waals surface area (Å²) >= 11 is 5.87. The number of hydrogen-bond acceptors (Lipinski definition) is 3. The zero-order valence-corrected chi connectivity index (χ0v) is 11.0. The van der Waals surface area contributed by atoms with Gasteiger partial charge in [-0.05, 0) is 25.1 Å². The van der Waals surface area contributed by atoms with Crippen molar-refractivity contribution in [3.8, 4) is 0 Å². The van der Waals surface area contributed by atoms with E-state index in [2.05, 4.69) is 9.97 Å². The molecule has 2 heterocycles. The van der Waals surface area contributed by atoms with Crippen molar-refractivity contribution in [3.63, 3.8) is 0 Å². The summed E-state index contributed by atoms with van der Waals surface area (Å²) in [6.45, 7) is 1.75. The average molecular weight is 262 g/mol. The summed E-state index contributed by atoms with van der Waals surface area (Å²) in [7, 11) is 1.92. The SMILES string of the molecule is C[NH2+]C=C(C(C)=N)c1cnc2ccc(Cl)nc2c1. The fourth-order valence-electron chi connectivity index (χ4n) is 1.73. The van der Waals surface area contributed by atoms with Crippen molar-refractivity contribution in [3.05, 3.63) is 41.3 Å². The lowest BCUT2D eigenvalue weighted by Crippen LogP contribution is -2.73. The molecule has 0 spiro atoms. The Kier molecular flexibility index (Phi) is 3.69. The monoisotopic (exact) mass is 261 g/mol. The summed E-state index contributed by atoms with van der Waals surface area (Å²) in [5.74, 6) is 0. The number of nitrogens with two attached hydrogens (primary N) is 1. The zero-order valence-electron chi connectivity index (χ0n) is 10.2. The van der Waals surface area contributed by atoms with Crippen molar-refractivity contribution in [1.29, 1.82) is 5.41 Å². The van der Waals surface area contributed by atoms with E-state index >= 15 is 0 Å². The molecule has 0 saturated carbocycles. The standard InChI is InChI=1S/C13H13ClN4/c1-8(15)10(7-16-2)9-5-12-11(17-6-9)3-4-13(14)18-12/h3-7,15-16H,1-2H3/p+1. The first-order chi connectivity index (χ1) is 8.61. The van der Waals surface area contributed by atoms with E-state index in [4.69, 9.17) is 17.0 Å². The fraction of sp³-hybridized carbons (Fsp3) is 0.154. The van der Waals surface area contributed by atoms with Crippen LogP contribution in [0.4, 0.5) is 0 Å². The summed E-state index contributed by atoms with van der Waals surface area (Å²) in [5, 5.41) is 10.1. The van der Waals surface area contributed by atoms with Crippen LogP contribution in [0.5, 0.6) is 0 Å². The highest BCUT2D eigenvalue weighted by molar-refractivity contribution is 6.29. The molecule has 0 atom stereocenters. The van der Waals surface area contributed by atoms with E-state index < -0.39 is 0 Å². The molecule has 18 heavy (non-hydrogen) atoms. The van der Waals surface area contributed by atoms with E-state index in [1.807, 2.05) is 30.7 Å². The average Bonchev–Trinajstić information content (AvgIpc) is 2.34. The summed E-state index contributed by atoms with van der Waals surface area (Å²) in [5.41, 5.74) is 3.75. The first-order valence-corrected chi connectivity index (χ1v) is 5.97. The van der Waals surface area contributed by atoms with Gasteiger partial charge in [0.2, 0.25) is 0 Å². The van der Waals surface area contributed by atoms with Crippen molar-refractivity contribution in [2.75, 3.05) is 7.05 Å². The number of pyridine rings is 2. The number of aromatic nitrogens is 2. The Bertz CT molecular complexity index is 634. The minimum atomic E-state index is 0.445. The van der Waals surface area contributed by atoms with Gasteiger partial charge in [-0.25, -0.2) is 4.98 Å². The van der Waals surface area contributed by atoms with E-state index in [0.717, 1.165) is 22.2 Å². The molecule has 0 aliphatic heterocycles. The van der Waals surface area contributed by atoms with Gasteiger partial charge in [0.05, 0.1) is 23.7 Å². The number of halogens is 1. The molecule has 0 amide bonds. The van der Waals surface area contributed by atoms with Crippen LogP contribution in [0.2, 0.25) is 5.15 Å². The maximum absolute atomic E-state index is 7.78. The molecule has 0 bridgehead atoms. The first kappa shape index (κ1) is 12.7. The molecule has 0 fully saturated rings. The molecule has 2 aromatic heterocycles. The van der Waals surface area contributed by atoms with Crippen LogP contribution in [-0.4, -0.2) is 22.7 Å². The van der Waals surface area contributed by atoms with Crippen LogP contribution < -0.4 is 5.32 Å². The van der Waals surface area contributed by atoms with Gasteiger partial charge in [-0.15, -0.1) is 0 Å². The van der Waals surface area contributed by atoms with E-state index in [0.29, 0.717) is 10.9 Å². The Hall–Kier alpha value is -1.78. The van der Waals surface area contributed by atoms with Gasteiger partial charge in [-0.1, -0.05) is 11.6 Å². The van der Waals surface area contributed by atoms with Crippen LogP contribution in [0.1, 0.15) is 12.5 Å². The van der Waals surface area contributed by atoms with Gasteiger partial charge in [0, 0.05) is 17.5 Å². The number of quaternary nitrogens is 1. The lowest BCUT2D eigenvalue weighted by atomic mass is 10.0. The Morgan fingerprint density at radius 3 is 2.83 bits per heavy atom. The van der Waals surface area contributed by atoms with Gasteiger partial charge >= 0.3 is 0 Å². The smallest absolute Gasteiger partial charge is 0.129 e. The quantitative estimate of drug-likeness (QED) is 0.654. The van der Waals surface area contributed by atoms with Crippen LogP contribution in [-0.2, 0) is 0 Å². The van der Waals surface area contributed by atoms with Crippen LogP contribution in [0, 0.1) is 5.41 Å². The van der Waals surface area contributed by atoms with Crippen LogP contribution >= 0.6 is 11.6 Å². The second-order valence-corrected chi connectivity index (χ2v) is 4.32. The molecule has 0 aromatic carbocycles. The van der Waals surface area contributed by atoms with E-state index in [1.54, 1.807) is 19.2 Å². The van der Waals surface area contributed by atoms with Crippen LogP contribution in [0.25, 0.3) is 16.6 Å². The summed E-state index contributed by atoms with van der Waals surface area (Å²) < 4.78 is 0. The Morgan fingerprint density at radius 2 is 2.17 bits per heavy atom. The summed E-state index contributed by atoms with van der Waals surface area (Å²) in [4.78, 5) is 8.57. The van der Waals surface area contributed by atoms with Crippen molar-refractivity contribution in [2.24, 2.45) is 0 Å². The highest BCUT2D eigenvalue weighted by atomic mass is 35.5. The van der Waals surface area contributed by atoms with Gasteiger partial charge in [0.25, 0.3) is 0 Å². The van der Waals surface area contributed by atoms with E-state index in [1.165, 1.54) is 0 Å². The largest absolute Gasteiger partial charge is 0.322 e. The van der Waals surface area contributed by atoms with Gasteiger partial charge < -0.3 is 10.7 Å². The molecule has 0 saturated heterocycles. The number of nitrogens with one attached hydrogen (secondary N) is 1. The lowest BCUT2D eigenvalue weighted by molar-refractivity contribution is -0.555. The molecular weight excluding hydrogens is 248 g/mol. The van der Waals surface area contributed by atoms with Gasteiger partial charge in [-0.2, -0.15) is 0 Å². The third kappa shape index (κ3) is 2.55. The number of fused-ring (bicyclic) bond motifs is 1. The Labute approximate surface area is 110 Å². The highest BCUT2D eigenvalue weighted by Gasteiger charge is 2.08. The second-order valence-electron chi connectivity index (χ2n) is 3.93.